The van der Waals surface area contributed by atoms with Gasteiger partial charge in [-0.25, -0.2) is 4.79 Å². The summed E-state index contributed by atoms with van der Waals surface area (Å²) in [6.45, 7) is 4.84. The molecule has 0 radical (unpaired) electrons. The minimum absolute atomic E-state index is 0.188. The summed E-state index contributed by atoms with van der Waals surface area (Å²) >= 11 is 0. The molecule has 1 aliphatic rings. The van der Waals surface area contributed by atoms with Gasteiger partial charge in [-0.1, -0.05) is 18.3 Å². The van der Waals surface area contributed by atoms with Crippen molar-refractivity contribution in [2.45, 2.75) is 19.8 Å². The summed E-state index contributed by atoms with van der Waals surface area (Å²) in [6.07, 6.45) is 1.54. The Morgan fingerprint density at radius 1 is 1.09 bits per heavy atom. The summed E-state index contributed by atoms with van der Waals surface area (Å²) in [5, 5.41) is 22.2. The van der Waals surface area contributed by atoms with Crippen LogP contribution in [0.4, 0.5) is 0 Å². The SMILES string of the molecule is CCCCOC(=O)c1[nH]c(=O)c2ccc(Oc3ccc4nn(N5CCOCC5)nc4c3)cc2c1O. The number of carbonyl (C=O) groups is 1. The largest absolute Gasteiger partial charge is 0.505 e. The Hall–Kier alpha value is -4.12. The number of esters is 1. The molecule has 0 saturated carbocycles. The lowest BCUT2D eigenvalue weighted by atomic mass is 10.1. The molecule has 2 aromatic carbocycles. The second-order valence-electron chi connectivity index (χ2n) is 8.16. The quantitative estimate of drug-likeness (QED) is 0.303. The Bertz CT molecular complexity index is 1440. The maximum Gasteiger partial charge on any atom is 0.358 e. The normalized spacial score (nSPS) is 13.9. The third-order valence-corrected chi connectivity index (χ3v) is 5.72. The molecule has 1 aliphatic heterocycles. The van der Waals surface area contributed by atoms with Crippen molar-refractivity contribution in [3.05, 3.63) is 52.4 Å². The summed E-state index contributed by atoms with van der Waals surface area (Å²) in [5.41, 5.74) is 0.591. The molecule has 0 aliphatic carbocycles. The van der Waals surface area contributed by atoms with Gasteiger partial charge in [0.25, 0.3) is 5.56 Å². The van der Waals surface area contributed by atoms with E-state index in [0.717, 1.165) is 11.9 Å². The van der Waals surface area contributed by atoms with Gasteiger partial charge in [0.1, 0.15) is 22.5 Å². The molecule has 4 aromatic rings. The molecule has 0 spiro atoms. The van der Waals surface area contributed by atoms with Crippen molar-refractivity contribution in [3.8, 4) is 17.2 Å². The summed E-state index contributed by atoms with van der Waals surface area (Å²) in [6, 6.07) is 9.99. The van der Waals surface area contributed by atoms with Gasteiger partial charge in [0.2, 0.25) is 0 Å². The van der Waals surface area contributed by atoms with Crippen molar-refractivity contribution in [1.29, 1.82) is 0 Å². The van der Waals surface area contributed by atoms with E-state index < -0.39 is 11.5 Å². The average molecular weight is 479 g/mol. The third kappa shape index (κ3) is 4.62. The molecule has 2 N–H and O–H groups in total. The van der Waals surface area contributed by atoms with Crippen LogP contribution in [0.15, 0.2) is 41.2 Å². The van der Waals surface area contributed by atoms with Crippen LogP contribution < -0.4 is 15.3 Å². The smallest absolute Gasteiger partial charge is 0.358 e. The number of nitrogens with zero attached hydrogens (tertiary/aromatic N) is 4. The minimum Gasteiger partial charge on any atom is -0.505 e. The van der Waals surface area contributed by atoms with E-state index in [1.165, 1.54) is 12.1 Å². The molecular weight excluding hydrogens is 454 g/mol. The van der Waals surface area contributed by atoms with Crippen LogP contribution in [-0.2, 0) is 9.47 Å². The highest BCUT2D eigenvalue weighted by Crippen LogP contribution is 2.31. The van der Waals surface area contributed by atoms with Crippen molar-refractivity contribution in [2.24, 2.45) is 0 Å². The molecule has 2 aromatic heterocycles. The van der Waals surface area contributed by atoms with Crippen LogP contribution in [0.1, 0.15) is 30.3 Å². The molecule has 1 saturated heterocycles. The maximum atomic E-state index is 12.5. The van der Waals surface area contributed by atoms with Crippen LogP contribution in [-0.4, -0.2) is 64.1 Å². The molecule has 5 rings (SSSR count). The number of morpholine rings is 1. The van der Waals surface area contributed by atoms with Gasteiger partial charge in [-0.05, 0) is 36.8 Å². The molecule has 0 unspecified atom stereocenters. The van der Waals surface area contributed by atoms with Gasteiger partial charge in [0, 0.05) is 11.5 Å². The molecule has 11 heteroatoms. The second kappa shape index (κ2) is 9.63. The molecule has 182 valence electrons. The van der Waals surface area contributed by atoms with E-state index in [2.05, 4.69) is 15.2 Å². The van der Waals surface area contributed by atoms with Crippen LogP contribution in [0.3, 0.4) is 0 Å². The fraction of sp³-hybridized carbons (Fsp3) is 0.333. The average Bonchev–Trinajstić information content (AvgIpc) is 3.30. The van der Waals surface area contributed by atoms with Crippen molar-refractivity contribution in [3.63, 3.8) is 0 Å². The van der Waals surface area contributed by atoms with E-state index in [1.54, 1.807) is 23.1 Å². The first-order chi connectivity index (χ1) is 17.0. The van der Waals surface area contributed by atoms with Crippen molar-refractivity contribution in [1.82, 2.24) is 20.1 Å². The van der Waals surface area contributed by atoms with Gasteiger partial charge in [0.15, 0.2) is 11.4 Å². The van der Waals surface area contributed by atoms with Gasteiger partial charge in [-0.3, -0.25) is 9.80 Å². The van der Waals surface area contributed by atoms with E-state index >= 15 is 0 Å². The number of H-pyrrole nitrogens is 1. The molecule has 35 heavy (non-hydrogen) atoms. The zero-order valence-corrected chi connectivity index (χ0v) is 19.2. The van der Waals surface area contributed by atoms with E-state index in [1.807, 2.05) is 18.0 Å². The first-order valence-electron chi connectivity index (χ1n) is 11.5. The number of hydrogen-bond donors (Lipinski definition) is 2. The fourth-order valence-electron chi connectivity index (χ4n) is 3.83. The number of rotatable bonds is 7. The first-order valence-corrected chi connectivity index (χ1v) is 11.5. The standard InChI is InChI=1S/C24H25N5O6/c1-2-3-10-34-24(32)21-22(30)18-13-15(4-6-17(18)23(31)25-21)35-16-5-7-19-20(14-16)27-29(26-19)28-8-11-33-12-9-28/h4-7,13-14,30H,2-3,8-12H2,1H3,(H,25,31). The minimum atomic E-state index is -0.782. The van der Waals surface area contributed by atoms with E-state index in [4.69, 9.17) is 14.2 Å². The number of hydrogen-bond acceptors (Lipinski definition) is 9. The number of nitrogens with one attached hydrogen (secondary N) is 1. The topological polar surface area (TPSA) is 132 Å². The van der Waals surface area contributed by atoms with Crippen LogP contribution in [0.2, 0.25) is 0 Å². The molecule has 3 heterocycles. The molecule has 11 nitrogen and oxygen atoms in total. The van der Waals surface area contributed by atoms with E-state index in [-0.39, 0.29) is 28.8 Å². The van der Waals surface area contributed by atoms with Gasteiger partial charge >= 0.3 is 5.97 Å². The van der Waals surface area contributed by atoms with Crippen LogP contribution >= 0.6 is 0 Å². The Labute approximate surface area is 199 Å². The Kier molecular flexibility index (Phi) is 6.23. The van der Waals surface area contributed by atoms with Crippen LogP contribution in [0.5, 0.6) is 17.2 Å². The highest BCUT2D eigenvalue weighted by molar-refractivity contribution is 5.99. The number of benzene rings is 2. The second-order valence-corrected chi connectivity index (χ2v) is 8.16. The Morgan fingerprint density at radius 3 is 2.63 bits per heavy atom. The van der Waals surface area contributed by atoms with Crippen molar-refractivity contribution in [2.75, 3.05) is 37.9 Å². The Morgan fingerprint density at radius 2 is 1.83 bits per heavy atom. The predicted octanol–water partition coefficient (Wildman–Crippen LogP) is 2.70. The number of fused-ring (bicyclic) bond motifs is 2. The molecule has 0 bridgehead atoms. The number of aromatic nitrogens is 4. The number of carbonyl (C=O) groups excluding carboxylic acids is 1. The third-order valence-electron chi connectivity index (χ3n) is 5.72. The van der Waals surface area contributed by atoms with Crippen LogP contribution in [0.25, 0.3) is 21.8 Å². The van der Waals surface area contributed by atoms with Gasteiger partial charge in [-0.15, -0.1) is 10.2 Å². The number of unbranched alkanes of at least 4 members (excludes halogenated alkanes) is 1. The van der Waals surface area contributed by atoms with Crippen LogP contribution in [0, 0.1) is 0 Å². The molecule has 1 fully saturated rings. The lowest BCUT2D eigenvalue weighted by Gasteiger charge is -2.26. The first kappa shape index (κ1) is 22.7. The number of ether oxygens (including phenoxy) is 3. The van der Waals surface area contributed by atoms with Crippen molar-refractivity contribution < 1.29 is 24.1 Å². The summed E-state index contributed by atoms with van der Waals surface area (Å²) in [4.78, 5) is 28.8. The highest BCUT2D eigenvalue weighted by Gasteiger charge is 2.19. The monoisotopic (exact) mass is 479 g/mol. The molecular formula is C24H25N5O6. The predicted molar refractivity (Wildman–Crippen MR) is 128 cm³/mol. The fourth-order valence-corrected chi connectivity index (χ4v) is 3.83. The number of pyridine rings is 1. The molecule has 0 amide bonds. The highest BCUT2D eigenvalue weighted by atomic mass is 16.5. The Balaban J connectivity index is 1.42. The maximum absolute atomic E-state index is 12.5. The molecule has 0 atom stereocenters. The van der Waals surface area contributed by atoms with E-state index in [0.29, 0.717) is 49.7 Å². The van der Waals surface area contributed by atoms with Gasteiger partial charge in [0.05, 0.1) is 38.3 Å². The number of aromatic hydroxyl groups is 1. The van der Waals surface area contributed by atoms with Gasteiger partial charge in [-0.2, -0.15) is 0 Å². The summed E-state index contributed by atoms with van der Waals surface area (Å²) in [7, 11) is 0. The summed E-state index contributed by atoms with van der Waals surface area (Å²) in [5.74, 6) is -0.261. The van der Waals surface area contributed by atoms with E-state index in [9.17, 15) is 14.7 Å². The number of aromatic amines is 1. The lowest BCUT2D eigenvalue weighted by Crippen LogP contribution is -2.45. The zero-order valence-electron chi connectivity index (χ0n) is 19.2. The lowest BCUT2D eigenvalue weighted by molar-refractivity contribution is 0.0489. The van der Waals surface area contributed by atoms with Crippen molar-refractivity contribution >= 4 is 27.8 Å². The summed E-state index contributed by atoms with van der Waals surface area (Å²) < 4.78 is 16.5. The van der Waals surface area contributed by atoms with Gasteiger partial charge < -0.3 is 24.3 Å². The zero-order chi connectivity index (χ0) is 24.4.